The first-order valence-corrected chi connectivity index (χ1v) is 8.97. The fourth-order valence-electron chi connectivity index (χ4n) is 3.64. The van der Waals surface area contributed by atoms with Crippen LogP contribution in [0.15, 0.2) is 0 Å². The Morgan fingerprint density at radius 2 is 1.81 bits per heavy atom. The van der Waals surface area contributed by atoms with Crippen molar-refractivity contribution < 1.29 is 4.79 Å². The molecule has 21 heavy (non-hydrogen) atoms. The predicted octanol–water partition coefficient (Wildman–Crippen LogP) is 2.23. The zero-order valence-corrected chi connectivity index (χ0v) is 13.7. The summed E-state index contributed by atoms with van der Waals surface area (Å²) in [5.74, 6) is 0.993. The minimum atomic E-state index is -0.284. The van der Waals surface area contributed by atoms with Crippen LogP contribution in [0.5, 0.6) is 0 Å². The highest BCUT2D eigenvalue weighted by Crippen LogP contribution is 2.20. The van der Waals surface area contributed by atoms with Crippen molar-refractivity contribution in [2.75, 3.05) is 32.7 Å². The molecule has 2 aliphatic heterocycles. The highest BCUT2D eigenvalue weighted by atomic mass is 16.2. The van der Waals surface area contributed by atoms with Gasteiger partial charge in [0.2, 0.25) is 5.91 Å². The van der Waals surface area contributed by atoms with Gasteiger partial charge < -0.3 is 15.5 Å². The average Bonchev–Trinajstić information content (AvgIpc) is 2.55. The number of likely N-dealkylation sites (tertiary alicyclic amines) is 2. The molecule has 0 aromatic heterocycles. The van der Waals surface area contributed by atoms with E-state index >= 15 is 0 Å². The summed E-state index contributed by atoms with van der Waals surface area (Å²) in [7, 11) is 0. The quantitative estimate of drug-likeness (QED) is 0.817. The van der Waals surface area contributed by atoms with Crippen LogP contribution in [0, 0.1) is 5.92 Å². The van der Waals surface area contributed by atoms with E-state index in [1.807, 2.05) is 4.90 Å². The van der Waals surface area contributed by atoms with Crippen molar-refractivity contribution in [1.29, 1.82) is 0 Å². The normalized spacial score (nSPS) is 23.2. The molecule has 1 amide bonds. The van der Waals surface area contributed by atoms with Crippen LogP contribution in [0.1, 0.15) is 58.3 Å². The molecular weight excluding hydrogens is 262 g/mol. The molecule has 4 nitrogen and oxygen atoms in total. The molecule has 0 radical (unpaired) electrons. The van der Waals surface area contributed by atoms with E-state index in [2.05, 4.69) is 11.8 Å². The monoisotopic (exact) mass is 295 g/mol. The van der Waals surface area contributed by atoms with Gasteiger partial charge in [-0.05, 0) is 64.1 Å². The second kappa shape index (κ2) is 8.74. The van der Waals surface area contributed by atoms with Crippen LogP contribution < -0.4 is 5.73 Å². The number of carbonyl (C=O) groups excluding carboxylic acids is 1. The molecule has 1 atom stereocenters. The van der Waals surface area contributed by atoms with Gasteiger partial charge in [-0.2, -0.15) is 0 Å². The summed E-state index contributed by atoms with van der Waals surface area (Å²) in [6.45, 7) is 7.64. The third kappa shape index (κ3) is 5.26. The predicted molar refractivity (Wildman–Crippen MR) is 87.1 cm³/mol. The van der Waals surface area contributed by atoms with E-state index in [4.69, 9.17) is 5.73 Å². The highest BCUT2D eigenvalue weighted by Gasteiger charge is 2.25. The van der Waals surface area contributed by atoms with Gasteiger partial charge in [-0.15, -0.1) is 0 Å². The van der Waals surface area contributed by atoms with Gasteiger partial charge in [-0.25, -0.2) is 0 Å². The molecule has 4 heteroatoms. The van der Waals surface area contributed by atoms with Crippen molar-refractivity contribution in [1.82, 2.24) is 9.80 Å². The average molecular weight is 295 g/mol. The van der Waals surface area contributed by atoms with Gasteiger partial charge in [0.25, 0.3) is 0 Å². The van der Waals surface area contributed by atoms with Crippen molar-refractivity contribution in [3.8, 4) is 0 Å². The standard InChI is InChI=1S/C17H33N3O/c1-2-15-8-13-20(14-9-15)17(21)16(18)7-6-12-19-10-4-3-5-11-19/h15-16H,2-14,18H2,1H3. The van der Waals surface area contributed by atoms with Crippen LogP contribution in [0.2, 0.25) is 0 Å². The Balaban J connectivity index is 1.63. The van der Waals surface area contributed by atoms with Crippen molar-refractivity contribution in [3.63, 3.8) is 0 Å². The second-order valence-electron chi connectivity index (χ2n) is 6.83. The number of hydrogen-bond acceptors (Lipinski definition) is 3. The Morgan fingerprint density at radius 1 is 1.14 bits per heavy atom. The summed E-state index contributed by atoms with van der Waals surface area (Å²) in [4.78, 5) is 16.9. The van der Waals surface area contributed by atoms with E-state index in [1.165, 1.54) is 38.8 Å². The Hall–Kier alpha value is -0.610. The summed E-state index contributed by atoms with van der Waals surface area (Å²) < 4.78 is 0. The Morgan fingerprint density at radius 3 is 2.43 bits per heavy atom. The van der Waals surface area contributed by atoms with Gasteiger partial charge in [-0.3, -0.25) is 4.79 Å². The van der Waals surface area contributed by atoms with Gasteiger partial charge in [0, 0.05) is 13.1 Å². The van der Waals surface area contributed by atoms with E-state index < -0.39 is 0 Å². The van der Waals surface area contributed by atoms with E-state index in [-0.39, 0.29) is 11.9 Å². The zero-order valence-electron chi connectivity index (χ0n) is 13.7. The maximum Gasteiger partial charge on any atom is 0.239 e. The molecule has 2 saturated heterocycles. The first-order chi connectivity index (χ1) is 10.2. The second-order valence-corrected chi connectivity index (χ2v) is 6.83. The number of rotatable bonds is 6. The first-order valence-electron chi connectivity index (χ1n) is 8.97. The van der Waals surface area contributed by atoms with E-state index in [1.54, 1.807) is 0 Å². The molecule has 2 heterocycles. The number of amides is 1. The maximum absolute atomic E-state index is 12.4. The van der Waals surface area contributed by atoms with Gasteiger partial charge >= 0.3 is 0 Å². The lowest BCUT2D eigenvalue weighted by atomic mass is 9.94. The lowest BCUT2D eigenvalue weighted by molar-refractivity contribution is -0.134. The lowest BCUT2D eigenvalue weighted by Crippen LogP contribution is -2.47. The molecular formula is C17H33N3O. The minimum absolute atomic E-state index is 0.184. The van der Waals surface area contributed by atoms with Crippen molar-refractivity contribution >= 4 is 5.91 Å². The molecule has 122 valence electrons. The number of piperidine rings is 2. The third-order valence-electron chi connectivity index (χ3n) is 5.26. The highest BCUT2D eigenvalue weighted by molar-refractivity contribution is 5.81. The van der Waals surface area contributed by atoms with E-state index in [0.29, 0.717) is 0 Å². The summed E-state index contributed by atoms with van der Waals surface area (Å²) in [5.41, 5.74) is 6.12. The molecule has 0 aromatic rings. The molecule has 0 aliphatic carbocycles. The number of carbonyl (C=O) groups is 1. The molecule has 2 rings (SSSR count). The van der Waals surface area contributed by atoms with Gasteiger partial charge in [0.05, 0.1) is 6.04 Å². The van der Waals surface area contributed by atoms with Crippen LogP contribution in [0.25, 0.3) is 0 Å². The van der Waals surface area contributed by atoms with Crippen molar-refractivity contribution in [3.05, 3.63) is 0 Å². The molecule has 2 aliphatic rings. The number of hydrogen-bond donors (Lipinski definition) is 1. The van der Waals surface area contributed by atoms with Crippen LogP contribution >= 0.6 is 0 Å². The number of nitrogens with two attached hydrogens (primary N) is 1. The SMILES string of the molecule is CCC1CCN(C(=O)C(N)CCCN2CCCCC2)CC1. The van der Waals surface area contributed by atoms with Crippen molar-refractivity contribution in [2.24, 2.45) is 11.7 Å². The molecule has 2 fully saturated rings. The lowest BCUT2D eigenvalue weighted by Gasteiger charge is -2.33. The smallest absolute Gasteiger partial charge is 0.239 e. The van der Waals surface area contributed by atoms with Crippen LogP contribution in [-0.2, 0) is 4.79 Å². The van der Waals surface area contributed by atoms with Crippen molar-refractivity contribution in [2.45, 2.75) is 64.3 Å². The van der Waals surface area contributed by atoms with Gasteiger partial charge in [0.1, 0.15) is 0 Å². The maximum atomic E-state index is 12.4. The van der Waals surface area contributed by atoms with Gasteiger partial charge in [-0.1, -0.05) is 19.8 Å². The fraction of sp³-hybridized carbons (Fsp3) is 0.941. The van der Waals surface area contributed by atoms with Crippen LogP contribution in [0.4, 0.5) is 0 Å². The van der Waals surface area contributed by atoms with E-state index in [9.17, 15) is 4.79 Å². The minimum Gasteiger partial charge on any atom is -0.341 e. The van der Waals surface area contributed by atoms with Crippen LogP contribution in [-0.4, -0.2) is 54.5 Å². The molecule has 2 N–H and O–H groups in total. The Kier molecular flexibility index (Phi) is 6.97. The first kappa shape index (κ1) is 16.8. The zero-order chi connectivity index (χ0) is 15.1. The largest absolute Gasteiger partial charge is 0.341 e. The molecule has 0 saturated carbocycles. The molecule has 0 bridgehead atoms. The summed E-state index contributed by atoms with van der Waals surface area (Å²) in [6.07, 6.45) is 9.48. The van der Waals surface area contributed by atoms with Crippen LogP contribution in [0.3, 0.4) is 0 Å². The third-order valence-corrected chi connectivity index (χ3v) is 5.26. The summed E-state index contributed by atoms with van der Waals surface area (Å²) >= 11 is 0. The van der Waals surface area contributed by atoms with Gasteiger partial charge in [0.15, 0.2) is 0 Å². The number of nitrogens with zero attached hydrogens (tertiary/aromatic N) is 2. The fourth-order valence-corrected chi connectivity index (χ4v) is 3.64. The van der Waals surface area contributed by atoms with E-state index in [0.717, 1.165) is 51.2 Å². The Bertz CT molecular complexity index is 307. The molecule has 0 spiro atoms. The molecule has 0 aromatic carbocycles. The topological polar surface area (TPSA) is 49.6 Å². The Labute approximate surface area is 130 Å². The molecule has 1 unspecified atom stereocenters. The summed E-state index contributed by atoms with van der Waals surface area (Å²) in [6, 6.07) is -0.284. The summed E-state index contributed by atoms with van der Waals surface area (Å²) in [5, 5.41) is 0.